The van der Waals surface area contributed by atoms with Gasteiger partial charge in [-0.05, 0) is 76.7 Å². The fraction of sp³-hybridized carbons (Fsp3) is 0.810. The first-order valence-electron chi connectivity index (χ1n) is 30.6. The fourth-order valence-corrected chi connectivity index (χ4v) is 9.41. The lowest BCUT2D eigenvalue weighted by atomic mass is 10.0. The topological polar surface area (TPSA) is 114 Å². The van der Waals surface area contributed by atoms with Crippen molar-refractivity contribution in [1.29, 1.82) is 0 Å². The van der Waals surface area contributed by atoms with Crippen molar-refractivity contribution in [3.8, 4) is 0 Å². The second kappa shape index (κ2) is 53.1. The smallest absolute Gasteiger partial charge is 0.306 e. The second-order valence-electron chi connectivity index (χ2n) is 21.9. The summed E-state index contributed by atoms with van der Waals surface area (Å²) < 4.78 is 30.3. The van der Waals surface area contributed by atoms with Gasteiger partial charge in [0.1, 0.15) is 19.3 Å². The van der Waals surface area contributed by atoms with Gasteiger partial charge in [-0.25, -0.2) is 0 Å². The average molecular weight is 1050 g/mol. The first-order chi connectivity index (χ1) is 35.4. The Morgan fingerprint density at radius 2 is 0.836 bits per heavy atom. The summed E-state index contributed by atoms with van der Waals surface area (Å²) in [4.78, 5) is 39.9. The molecular weight excluding hydrogens is 928 g/mol. The molecule has 73 heavy (non-hydrogen) atoms. The number of allylic oxidation sites excluding steroid dienone is 9. The van der Waals surface area contributed by atoms with E-state index in [-0.39, 0.29) is 24.9 Å². The van der Waals surface area contributed by atoms with Gasteiger partial charge in [-0.2, -0.15) is 0 Å². The molecule has 0 saturated carbocycles. The van der Waals surface area contributed by atoms with Crippen molar-refractivity contribution in [2.75, 3.05) is 40.9 Å². The van der Waals surface area contributed by atoms with Crippen LogP contribution < -0.4 is 10.2 Å². The van der Waals surface area contributed by atoms with E-state index in [0.717, 1.165) is 89.9 Å². The SMILES string of the molecule is CCCCC/C=C\C/C=C\C/C=C\C/C=C\CCCCCCCC(=O)OC(/C=C/CCCCCCCCCCCCC)C(COP(=O)([O-])OCC[N+](C)(C)C)NC(=O)CCCCCCCCCCCCCCC. The fourth-order valence-electron chi connectivity index (χ4n) is 8.68. The van der Waals surface area contributed by atoms with E-state index < -0.39 is 26.6 Å². The van der Waals surface area contributed by atoms with Crippen LogP contribution in [-0.4, -0.2) is 69.4 Å². The molecule has 0 fully saturated rings. The molecular formula is C63H117N2O7P. The van der Waals surface area contributed by atoms with E-state index in [1.165, 1.54) is 148 Å². The third-order valence-electron chi connectivity index (χ3n) is 13.5. The Hall–Kier alpha value is -2.29. The summed E-state index contributed by atoms with van der Waals surface area (Å²) in [7, 11) is 1.18. The van der Waals surface area contributed by atoms with Crippen molar-refractivity contribution in [3.63, 3.8) is 0 Å². The van der Waals surface area contributed by atoms with E-state index in [0.29, 0.717) is 23.9 Å². The average Bonchev–Trinajstić information content (AvgIpc) is 3.35. The van der Waals surface area contributed by atoms with Gasteiger partial charge in [-0.15, -0.1) is 0 Å². The maximum atomic E-state index is 13.5. The summed E-state index contributed by atoms with van der Waals surface area (Å²) >= 11 is 0. The molecule has 0 heterocycles. The number of amides is 1. The van der Waals surface area contributed by atoms with Crippen LogP contribution in [0.3, 0.4) is 0 Å². The molecule has 3 atom stereocenters. The van der Waals surface area contributed by atoms with E-state index in [1.54, 1.807) is 0 Å². The highest BCUT2D eigenvalue weighted by atomic mass is 31.2. The number of hydrogen-bond acceptors (Lipinski definition) is 7. The molecule has 1 N–H and O–H groups in total. The molecule has 0 bridgehead atoms. The van der Waals surface area contributed by atoms with Gasteiger partial charge in [0, 0.05) is 12.8 Å². The maximum absolute atomic E-state index is 13.5. The van der Waals surface area contributed by atoms with Crippen LogP contribution in [0.5, 0.6) is 0 Å². The zero-order chi connectivity index (χ0) is 53.6. The molecule has 0 rings (SSSR count). The zero-order valence-electron chi connectivity index (χ0n) is 48.6. The minimum Gasteiger partial charge on any atom is -0.756 e. The van der Waals surface area contributed by atoms with Crippen molar-refractivity contribution in [2.24, 2.45) is 0 Å². The molecule has 426 valence electrons. The van der Waals surface area contributed by atoms with Crippen molar-refractivity contribution < 1.29 is 37.3 Å². The number of rotatable bonds is 55. The van der Waals surface area contributed by atoms with Crippen molar-refractivity contribution in [3.05, 3.63) is 60.8 Å². The molecule has 0 aliphatic heterocycles. The third-order valence-corrected chi connectivity index (χ3v) is 14.4. The predicted molar refractivity (Wildman–Crippen MR) is 312 cm³/mol. The van der Waals surface area contributed by atoms with Crippen LogP contribution >= 0.6 is 7.82 Å². The molecule has 0 saturated heterocycles. The Kier molecular flexibility index (Phi) is 51.5. The number of carbonyl (C=O) groups excluding carboxylic acids is 2. The van der Waals surface area contributed by atoms with Crippen LogP contribution in [0, 0.1) is 0 Å². The lowest BCUT2D eigenvalue weighted by Gasteiger charge is -2.30. The number of ether oxygens (including phenoxy) is 1. The highest BCUT2D eigenvalue weighted by Crippen LogP contribution is 2.38. The van der Waals surface area contributed by atoms with Crippen molar-refractivity contribution in [1.82, 2.24) is 5.32 Å². The van der Waals surface area contributed by atoms with Gasteiger partial charge in [0.2, 0.25) is 5.91 Å². The zero-order valence-corrected chi connectivity index (χ0v) is 49.5. The minimum absolute atomic E-state index is 0.0256. The Labute approximate surface area is 451 Å². The summed E-state index contributed by atoms with van der Waals surface area (Å²) in [5.74, 6) is -0.556. The molecule has 0 aromatic carbocycles. The van der Waals surface area contributed by atoms with Crippen LogP contribution in [-0.2, 0) is 27.9 Å². The molecule has 0 radical (unpaired) electrons. The van der Waals surface area contributed by atoms with E-state index in [1.807, 2.05) is 33.3 Å². The summed E-state index contributed by atoms with van der Waals surface area (Å²) in [5, 5.41) is 3.02. The Balaban J connectivity index is 5.31. The van der Waals surface area contributed by atoms with Crippen LogP contribution in [0.1, 0.15) is 278 Å². The van der Waals surface area contributed by atoms with Gasteiger partial charge < -0.3 is 28.5 Å². The molecule has 0 aliphatic carbocycles. The highest BCUT2D eigenvalue weighted by Gasteiger charge is 2.27. The number of quaternary nitrogens is 1. The molecule has 10 heteroatoms. The summed E-state index contributed by atoms with van der Waals surface area (Å²) in [5.41, 5.74) is 0. The predicted octanol–water partition coefficient (Wildman–Crippen LogP) is 18.0. The number of nitrogens with one attached hydrogen (secondary N) is 1. The number of likely N-dealkylation sites (N-methyl/N-ethyl adjacent to an activating group) is 1. The largest absolute Gasteiger partial charge is 0.756 e. The number of carbonyl (C=O) groups is 2. The van der Waals surface area contributed by atoms with Crippen LogP contribution in [0.4, 0.5) is 0 Å². The van der Waals surface area contributed by atoms with E-state index in [2.05, 4.69) is 74.7 Å². The Morgan fingerprint density at radius 1 is 0.479 bits per heavy atom. The number of unbranched alkanes of at least 4 members (excludes halogenated alkanes) is 31. The van der Waals surface area contributed by atoms with E-state index >= 15 is 0 Å². The van der Waals surface area contributed by atoms with Gasteiger partial charge >= 0.3 is 5.97 Å². The summed E-state index contributed by atoms with van der Waals surface area (Å²) in [6, 6.07) is -0.894. The summed E-state index contributed by atoms with van der Waals surface area (Å²) in [6.45, 7) is 6.81. The van der Waals surface area contributed by atoms with Crippen LogP contribution in [0.25, 0.3) is 0 Å². The molecule has 0 aromatic heterocycles. The number of esters is 1. The number of phosphoric ester groups is 1. The first-order valence-corrected chi connectivity index (χ1v) is 32.1. The van der Waals surface area contributed by atoms with Gasteiger partial charge in [0.15, 0.2) is 0 Å². The van der Waals surface area contributed by atoms with Gasteiger partial charge in [0.25, 0.3) is 7.82 Å². The Morgan fingerprint density at radius 3 is 1.27 bits per heavy atom. The summed E-state index contributed by atoms with van der Waals surface area (Å²) in [6.07, 6.45) is 66.0. The minimum atomic E-state index is -4.70. The van der Waals surface area contributed by atoms with Gasteiger partial charge in [0.05, 0.1) is 33.8 Å². The van der Waals surface area contributed by atoms with Gasteiger partial charge in [-0.3, -0.25) is 14.2 Å². The molecule has 3 unspecified atom stereocenters. The lowest BCUT2D eigenvalue weighted by Crippen LogP contribution is -2.47. The molecule has 0 aromatic rings. The Bertz CT molecular complexity index is 1440. The maximum Gasteiger partial charge on any atom is 0.306 e. The monoisotopic (exact) mass is 1040 g/mol. The highest BCUT2D eigenvalue weighted by molar-refractivity contribution is 7.45. The molecule has 9 nitrogen and oxygen atoms in total. The molecule has 0 aliphatic rings. The van der Waals surface area contributed by atoms with E-state index in [9.17, 15) is 19.0 Å². The second-order valence-corrected chi connectivity index (χ2v) is 23.3. The van der Waals surface area contributed by atoms with Gasteiger partial charge in [-0.1, -0.05) is 249 Å². The molecule has 1 amide bonds. The number of nitrogens with zero attached hydrogens (tertiary/aromatic N) is 1. The van der Waals surface area contributed by atoms with Crippen LogP contribution in [0.2, 0.25) is 0 Å². The quantitative estimate of drug-likeness (QED) is 0.0212. The van der Waals surface area contributed by atoms with Crippen molar-refractivity contribution >= 4 is 19.7 Å². The van der Waals surface area contributed by atoms with Crippen LogP contribution in [0.15, 0.2) is 60.8 Å². The van der Waals surface area contributed by atoms with Crippen molar-refractivity contribution in [2.45, 2.75) is 290 Å². The normalized spacial score (nSPS) is 14.1. The van der Waals surface area contributed by atoms with E-state index in [4.69, 9.17) is 13.8 Å². The third kappa shape index (κ3) is 54.3. The first kappa shape index (κ1) is 70.7. The number of phosphoric acid groups is 1. The molecule has 0 spiro atoms. The standard InChI is InChI=1S/C63H117N2O7P/c1-7-10-13-16-19-22-25-28-29-30-31-32-33-34-35-38-41-44-47-50-53-56-63(67)72-61(54-51-48-45-42-39-36-26-23-20-17-14-11-8-2)60(59-71-73(68,69)70-58-57-65(4,5)6)64-62(66)55-52-49-46-43-40-37-27-24-21-18-15-12-9-3/h19,22,28-29,31-32,34-35,51,54,60-61H,7-18,20-21,23-27,30,33,36-50,52-53,55-59H2,1-6H3,(H-,64,66,68,69)/b22-19-,29-28-,32-31-,35-34-,54-51+. The number of hydrogen-bond donors (Lipinski definition) is 1. The lowest BCUT2D eigenvalue weighted by molar-refractivity contribution is -0.870.